The molecule has 0 amide bonds. The Morgan fingerprint density at radius 1 is 0.407 bits per heavy atom. The van der Waals surface area contributed by atoms with Crippen LogP contribution in [0.3, 0.4) is 0 Å². The van der Waals surface area contributed by atoms with Crippen LogP contribution in [0.4, 0.5) is 0 Å². The molecule has 0 aliphatic carbocycles. The van der Waals surface area contributed by atoms with Crippen molar-refractivity contribution in [1.29, 1.82) is 10.5 Å². The van der Waals surface area contributed by atoms with Gasteiger partial charge in [0.1, 0.15) is 0 Å². The van der Waals surface area contributed by atoms with Crippen molar-refractivity contribution in [2.45, 2.75) is 6.92 Å². The summed E-state index contributed by atoms with van der Waals surface area (Å²) in [5, 5.41) is 30.5. The summed E-state index contributed by atoms with van der Waals surface area (Å²) in [4.78, 5) is 0. The van der Waals surface area contributed by atoms with Crippen LogP contribution in [0.15, 0.2) is 152 Å². The highest BCUT2D eigenvalue weighted by Crippen LogP contribution is 2.46. The maximum absolute atomic E-state index is 11.1. The van der Waals surface area contributed by atoms with E-state index in [2.05, 4.69) is 184 Å². The molecule has 12 aromatic rings. The molecule has 8 aromatic carbocycles. The lowest BCUT2D eigenvalue weighted by Gasteiger charge is -2.20. The zero-order valence-corrected chi connectivity index (χ0v) is 32.6. The van der Waals surface area contributed by atoms with Crippen LogP contribution in [-0.2, 0) is 14.1 Å². The lowest BCUT2D eigenvalue weighted by atomic mass is 9.95. The number of nitrogens with zero attached hydrogens (tertiary/aromatic N) is 6. The molecular formula is C53H34N6. The van der Waals surface area contributed by atoms with Gasteiger partial charge in [0, 0.05) is 73.8 Å². The van der Waals surface area contributed by atoms with Crippen molar-refractivity contribution in [1.82, 2.24) is 18.3 Å². The molecule has 0 radical (unpaired) electrons. The molecule has 4 heterocycles. The first-order valence-electron chi connectivity index (χ1n) is 19.8. The van der Waals surface area contributed by atoms with Crippen LogP contribution in [0.2, 0.25) is 0 Å². The summed E-state index contributed by atoms with van der Waals surface area (Å²) >= 11 is 0. The molecule has 0 saturated heterocycles. The van der Waals surface area contributed by atoms with Gasteiger partial charge >= 0.3 is 0 Å². The summed E-state index contributed by atoms with van der Waals surface area (Å²) < 4.78 is 9.46. The van der Waals surface area contributed by atoms with Gasteiger partial charge in [0.25, 0.3) is 0 Å². The molecule has 0 fully saturated rings. The first-order valence-corrected chi connectivity index (χ1v) is 19.8. The fraction of sp³-hybridized carbons (Fsp3) is 0.0566. The summed E-state index contributed by atoms with van der Waals surface area (Å²) in [5.41, 5.74) is 14.4. The Hall–Kier alpha value is -8.06. The van der Waals surface area contributed by atoms with Crippen LogP contribution < -0.4 is 0 Å². The van der Waals surface area contributed by atoms with Crippen molar-refractivity contribution in [3.05, 3.63) is 168 Å². The van der Waals surface area contributed by atoms with E-state index in [1.54, 1.807) is 0 Å². The molecule has 276 valence electrons. The first-order chi connectivity index (χ1) is 28.9. The van der Waals surface area contributed by atoms with Gasteiger partial charge in [-0.25, -0.2) is 0 Å². The molecule has 0 saturated carbocycles. The summed E-state index contributed by atoms with van der Waals surface area (Å²) in [6.45, 7) is 2.00. The highest BCUT2D eigenvalue weighted by atomic mass is 15.1. The first kappa shape index (κ1) is 33.1. The molecule has 6 nitrogen and oxygen atoms in total. The van der Waals surface area contributed by atoms with Gasteiger partial charge in [-0.1, -0.05) is 103 Å². The van der Waals surface area contributed by atoms with Crippen LogP contribution in [0.25, 0.3) is 110 Å². The number of aryl methyl sites for hydroxylation is 3. The molecule has 0 N–H and O–H groups in total. The fourth-order valence-electron chi connectivity index (χ4n) is 10.2. The number of benzene rings is 8. The third kappa shape index (κ3) is 4.38. The fourth-order valence-corrected chi connectivity index (χ4v) is 10.2. The van der Waals surface area contributed by atoms with Crippen LogP contribution in [0.1, 0.15) is 16.7 Å². The second kappa shape index (κ2) is 12.0. The molecule has 12 rings (SSSR count). The van der Waals surface area contributed by atoms with E-state index in [1.165, 1.54) is 21.5 Å². The van der Waals surface area contributed by atoms with Crippen LogP contribution in [-0.4, -0.2) is 18.3 Å². The van der Waals surface area contributed by atoms with E-state index < -0.39 is 0 Å². The standard InChI is InChI=1S/C53H34N6/c1-31-24-32(29-54)26-33(25-31)43-28-49(59-47-19-11-7-15-38(47)42-23-21-40-36-13-5-9-17-45(36)57(3)51(40)53(42)59)48(27-34(43)30-55)58-46-18-10-6-14-37(46)41-22-20-39-35-12-4-8-16-44(35)56(2)50(39)52(41)58/h4-28H,1-3H3. The van der Waals surface area contributed by atoms with Gasteiger partial charge in [-0.3, -0.25) is 0 Å². The van der Waals surface area contributed by atoms with Crippen molar-refractivity contribution in [3.8, 4) is 34.6 Å². The van der Waals surface area contributed by atoms with E-state index in [0.717, 1.165) is 93.7 Å². The third-order valence-electron chi connectivity index (χ3n) is 12.6. The number of fused-ring (bicyclic) bond motifs is 14. The van der Waals surface area contributed by atoms with E-state index in [1.807, 2.05) is 19.1 Å². The Kier molecular flexibility index (Phi) is 6.72. The normalized spacial score (nSPS) is 11.9. The smallest absolute Gasteiger partial charge is 0.0998 e. The molecule has 0 aliphatic heterocycles. The largest absolute Gasteiger partial charge is 0.342 e. The number of aromatic nitrogens is 4. The van der Waals surface area contributed by atoms with Crippen LogP contribution in [0.5, 0.6) is 0 Å². The molecule has 6 heteroatoms. The average Bonchev–Trinajstić information content (AvgIpc) is 3.98. The van der Waals surface area contributed by atoms with E-state index in [4.69, 9.17) is 0 Å². The van der Waals surface area contributed by atoms with Crippen molar-refractivity contribution in [3.63, 3.8) is 0 Å². The van der Waals surface area contributed by atoms with Gasteiger partial charge in [-0.2, -0.15) is 10.5 Å². The molecule has 0 atom stereocenters. The molecule has 59 heavy (non-hydrogen) atoms. The Labute approximate surface area is 338 Å². The van der Waals surface area contributed by atoms with Gasteiger partial charge in [-0.15, -0.1) is 0 Å². The number of rotatable bonds is 3. The predicted octanol–water partition coefficient (Wildman–Crippen LogP) is 12.9. The topological polar surface area (TPSA) is 67.3 Å². The number of nitriles is 2. The molecule has 0 bridgehead atoms. The van der Waals surface area contributed by atoms with Crippen molar-refractivity contribution in [2.24, 2.45) is 14.1 Å². The Balaban J connectivity index is 1.34. The Bertz CT molecular complexity index is 3910. The zero-order chi connectivity index (χ0) is 39.7. The Morgan fingerprint density at radius 2 is 0.831 bits per heavy atom. The average molecular weight is 755 g/mol. The summed E-state index contributed by atoms with van der Waals surface area (Å²) in [7, 11) is 4.32. The van der Waals surface area contributed by atoms with Crippen molar-refractivity contribution < 1.29 is 0 Å². The lowest BCUT2D eigenvalue weighted by Crippen LogP contribution is -2.07. The van der Waals surface area contributed by atoms with E-state index in [0.29, 0.717) is 11.1 Å². The van der Waals surface area contributed by atoms with Crippen LogP contribution in [0, 0.1) is 29.6 Å². The van der Waals surface area contributed by atoms with Gasteiger partial charge < -0.3 is 18.3 Å². The SMILES string of the molecule is Cc1cc(C#N)cc(-c2cc(-n3c4ccccc4c4ccc5c6ccccc6n(C)c5c43)c(-n3c4ccccc4c4ccc5c6ccccc6n(C)c5c43)cc2C#N)c1. The predicted molar refractivity (Wildman–Crippen MR) is 243 cm³/mol. The minimum Gasteiger partial charge on any atom is -0.342 e. The minimum absolute atomic E-state index is 0.531. The summed E-state index contributed by atoms with van der Waals surface area (Å²) in [6.07, 6.45) is 0. The highest BCUT2D eigenvalue weighted by Gasteiger charge is 2.26. The molecular weight excluding hydrogens is 721 g/mol. The quantitative estimate of drug-likeness (QED) is 0.180. The maximum Gasteiger partial charge on any atom is 0.0998 e. The second-order valence-corrected chi connectivity index (χ2v) is 15.8. The second-order valence-electron chi connectivity index (χ2n) is 15.8. The lowest BCUT2D eigenvalue weighted by molar-refractivity contribution is 1.01. The Morgan fingerprint density at radius 3 is 1.31 bits per heavy atom. The monoisotopic (exact) mass is 754 g/mol. The highest BCUT2D eigenvalue weighted by molar-refractivity contribution is 6.25. The van der Waals surface area contributed by atoms with Gasteiger partial charge in [0.05, 0.1) is 67.7 Å². The van der Waals surface area contributed by atoms with Crippen molar-refractivity contribution >= 4 is 87.2 Å². The summed E-state index contributed by atoms with van der Waals surface area (Å²) in [5.74, 6) is 0. The summed E-state index contributed by atoms with van der Waals surface area (Å²) in [6, 6.07) is 58.6. The van der Waals surface area contributed by atoms with Crippen molar-refractivity contribution in [2.75, 3.05) is 0 Å². The van der Waals surface area contributed by atoms with Crippen LogP contribution >= 0.6 is 0 Å². The van der Waals surface area contributed by atoms with Gasteiger partial charge in [-0.05, 0) is 66.6 Å². The minimum atomic E-state index is 0.531. The zero-order valence-electron chi connectivity index (χ0n) is 32.6. The number of hydrogen-bond acceptors (Lipinski definition) is 2. The van der Waals surface area contributed by atoms with Gasteiger partial charge in [0.15, 0.2) is 0 Å². The van der Waals surface area contributed by atoms with E-state index in [9.17, 15) is 10.5 Å². The van der Waals surface area contributed by atoms with Gasteiger partial charge in [0.2, 0.25) is 0 Å². The third-order valence-corrected chi connectivity index (χ3v) is 12.6. The molecule has 0 aliphatic rings. The molecule has 0 spiro atoms. The number of hydrogen-bond donors (Lipinski definition) is 0. The maximum atomic E-state index is 11.1. The molecule has 0 unspecified atom stereocenters. The number of para-hydroxylation sites is 4. The van der Waals surface area contributed by atoms with E-state index in [-0.39, 0.29) is 0 Å². The molecule has 4 aromatic heterocycles. The van der Waals surface area contributed by atoms with E-state index >= 15 is 0 Å².